The van der Waals surface area contributed by atoms with Gasteiger partial charge in [0, 0.05) is 25.0 Å². The van der Waals surface area contributed by atoms with Gasteiger partial charge in [0.2, 0.25) is 5.91 Å². The minimum absolute atomic E-state index is 0.0324. The number of aryl methyl sites for hydroxylation is 1. The van der Waals surface area contributed by atoms with Crippen LogP contribution in [0.2, 0.25) is 0 Å². The van der Waals surface area contributed by atoms with Crippen LogP contribution in [0.1, 0.15) is 37.7 Å². The molecule has 1 N–H and O–H groups in total. The van der Waals surface area contributed by atoms with Crippen LogP contribution in [0.15, 0.2) is 24.3 Å². The van der Waals surface area contributed by atoms with Gasteiger partial charge in [0.05, 0.1) is 0 Å². The van der Waals surface area contributed by atoms with Crippen molar-refractivity contribution in [2.75, 3.05) is 19.7 Å². The summed E-state index contributed by atoms with van der Waals surface area (Å²) in [5.41, 5.74) is 1.11. The van der Waals surface area contributed by atoms with E-state index in [1.165, 1.54) is 6.42 Å². The van der Waals surface area contributed by atoms with Crippen LogP contribution < -0.4 is 10.1 Å². The largest absolute Gasteiger partial charge is 0.484 e. The zero-order chi connectivity index (χ0) is 16.9. The van der Waals surface area contributed by atoms with Gasteiger partial charge in [-0.1, -0.05) is 18.6 Å². The van der Waals surface area contributed by atoms with Crippen LogP contribution in [0.3, 0.4) is 0 Å². The SMILES string of the molecule is Cc1cccc(OCC(=O)NC2CCN(C(=O)C3CCC3)CC2)c1. The number of piperidine rings is 1. The van der Waals surface area contributed by atoms with Crippen LogP contribution >= 0.6 is 0 Å². The van der Waals surface area contributed by atoms with E-state index in [9.17, 15) is 9.59 Å². The van der Waals surface area contributed by atoms with Gasteiger partial charge in [0.15, 0.2) is 6.61 Å². The van der Waals surface area contributed by atoms with Crippen molar-refractivity contribution in [2.24, 2.45) is 5.92 Å². The first-order valence-corrected chi connectivity index (χ1v) is 8.89. The van der Waals surface area contributed by atoms with E-state index in [0.29, 0.717) is 11.7 Å². The van der Waals surface area contributed by atoms with Crippen LogP contribution in [0.5, 0.6) is 5.75 Å². The molecule has 5 nitrogen and oxygen atoms in total. The summed E-state index contributed by atoms with van der Waals surface area (Å²) in [5, 5.41) is 3.02. The number of nitrogens with one attached hydrogen (secondary N) is 1. The fourth-order valence-corrected chi connectivity index (χ4v) is 3.28. The molecule has 130 valence electrons. The van der Waals surface area contributed by atoms with Crippen molar-refractivity contribution in [3.8, 4) is 5.75 Å². The van der Waals surface area contributed by atoms with E-state index in [4.69, 9.17) is 4.74 Å². The predicted molar refractivity (Wildman–Crippen MR) is 91.8 cm³/mol. The lowest BCUT2D eigenvalue weighted by Crippen LogP contribution is -2.49. The van der Waals surface area contributed by atoms with Crippen molar-refractivity contribution in [1.82, 2.24) is 10.2 Å². The monoisotopic (exact) mass is 330 g/mol. The molecule has 5 heteroatoms. The van der Waals surface area contributed by atoms with Crippen LogP contribution in [0, 0.1) is 12.8 Å². The maximum atomic E-state index is 12.2. The predicted octanol–water partition coefficient (Wildman–Crippen LogP) is 2.28. The van der Waals surface area contributed by atoms with E-state index in [1.54, 1.807) is 0 Å². The van der Waals surface area contributed by atoms with Gasteiger partial charge in [-0.3, -0.25) is 9.59 Å². The Morgan fingerprint density at radius 1 is 1.21 bits per heavy atom. The molecule has 2 amide bonds. The fourth-order valence-electron chi connectivity index (χ4n) is 3.28. The third-order valence-corrected chi connectivity index (χ3v) is 4.99. The minimum Gasteiger partial charge on any atom is -0.484 e. The summed E-state index contributed by atoms with van der Waals surface area (Å²) in [6, 6.07) is 7.81. The number of amides is 2. The first-order chi connectivity index (χ1) is 11.6. The molecule has 0 atom stereocenters. The Hall–Kier alpha value is -2.04. The van der Waals surface area contributed by atoms with Crippen LogP contribution in [0.4, 0.5) is 0 Å². The smallest absolute Gasteiger partial charge is 0.258 e. The molecule has 0 aromatic heterocycles. The van der Waals surface area contributed by atoms with Crippen molar-refractivity contribution >= 4 is 11.8 Å². The maximum Gasteiger partial charge on any atom is 0.258 e. The number of benzene rings is 1. The molecule has 1 aliphatic heterocycles. The molecule has 24 heavy (non-hydrogen) atoms. The molecule has 0 radical (unpaired) electrons. The zero-order valence-corrected chi connectivity index (χ0v) is 14.3. The van der Waals surface area contributed by atoms with Crippen molar-refractivity contribution in [2.45, 2.75) is 45.1 Å². The molecular formula is C19H26N2O3. The van der Waals surface area contributed by atoms with Gasteiger partial charge in [-0.2, -0.15) is 0 Å². The molecule has 2 fully saturated rings. The van der Waals surface area contributed by atoms with Gasteiger partial charge < -0.3 is 15.0 Å². The van der Waals surface area contributed by atoms with E-state index in [0.717, 1.165) is 44.3 Å². The molecule has 1 saturated carbocycles. The molecule has 1 aromatic carbocycles. The standard InChI is InChI=1S/C19H26N2O3/c1-14-4-2-7-17(12-14)24-13-18(22)20-16-8-10-21(11-9-16)19(23)15-5-3-6-15/h2,4,7,12,15-16H,3,5-6,8-11,13H2,1H3,(H,20,22). The lowest BCUT2D eigenvalue weighted by Gasteiger charge is -2.36. The van der Waals surface area contributed by atoms with Gasteiger partial charge in [0.1, 0.15) is 5.75 Å². The Balaban J connectivity index is 1.37. The molecule has 1 aromatic rings. The van der Waals surface area contributed by atoms with Crippen molar-refractivity contribution < 1.29 is 14.3 Å². The maximum absolute atomic E-state index is 12.2. The summed E-state index contributed by atoms with van der Waals surface area (Å²) in [4.78, 5) is 26.2. The second kappa shape index (κ2) is 7.69. The Morgan fingerprint density at radius 3 is 2.58 bits per heavy atom. The number of likely N-dealkylation sites (tertiary alicyclic amines) is 1. The number of hydrogen-bond donors (Lipinski definition) is 1. The summed E-state index contributed by atoms with van der Waals surface area (Å²) >= 11 is 0. The summed E-state index contributed by atoms with van der Waals surface area (Å²) in [7, 11) is 0. The summed E-state index contributed by atoms with van der Waals surface area (Å²) in [6.07, 6.45) is 4.94. The lowest BCUT2D eigenvalue weighted by molar-refractivity contribution is -0.139. The van der Waals surface area contributed by atoms with Crippen LogP contribution in [-0.4, -0.2) is 42.5 Å². The van der Waals surface area contributed by atoms with E-state index < -0.39 is 0 Å². The topological polar surface area (TPSA) is 58.6 Å². The molecule has 1 heterocycles. The summed E-state index contributed by atoms with van der Waals surface area (Å²) < 4.78 is 5.53. The Bertz CT molecular complexity index is 590. The first-order valence-electron chi connectivity index (χ1n) is 8.89. The van der Waals surface area contributed by atoms with Crippen molar-refractivity contribution in [3.05, 3.63) is 29.8 Å². The Morgan fingerprint density at radius 2 is 1.96 bits per heavy atom. The van der Waals surface area contributed by atoms with Crippen molar-refractivity contribution in [1.29, 1.82) is 0 Å². The third-order valence-electron chi connectivity index (χ3n) is 4.99. The highest BCUT2D eigenvalue weighted by molar-refractivity contribution is 5.80. The number of hydrogen-bond acceptors (Lipinski definition) is 3. The number of carbonyl (C=O) groups excluding carboxylic acids is 2. The molecule has 0 bridgehead atoms. The number of nitrogens with zero attached hydrogens (tertiary/aromatic N) is 1. The molecule has 3 rings (SSSR count). The highest BCUT2D eigenvalue weighted by atomic mass is 16.5. The Labute approximate surface area is 143 Å². The zero-order valence-electron chi connectivity index (χ0n) is 14.3. The van der Waals surface area contributed by atoms with Gasteiger partial charge in [-0.15, -0.1) is 0 Å². The van der Waals surface area contributed by atoms with Crippen molar-refractivity contribution in [3.63, 3.8) is 0 Å². The molecule has 1 aliphatic carbocycles. The average molecular weight is 330 g/mol. The van der Waals surface area contributed by atoms with Gasteiger partial charge in [-0.25, -0.2) is 0 Å². The van der Waals surface area contributed by atoms with E-state index in [1.807, 2.05) is 36.1 Å². The molecule has 0 spiro atoms. The summed E-state index contributed by atoms with van der Waals surface area (Å²) in [6.45, 7) is 3.52. The third kappa shape index (κ3) is 4.28. The van der Waals surface area contributed by atoms with Crippen LogP contribution in [0.25, 0.3) is 0 Å². The summed E-state index contributed by atoms with van der Waals surface area (Å²) in [5.74, 6) is 1.19. The highest BCUT2D eigenvalue weighted by Gasteiger charge is 2.31. The van der Waals surface area contributed by atoms with Gasteiger partial charge in [0.25, 0.3) is 5.91 Å². The van der Waals surface area contributed by atoms with Gasteiger partial charge in [-0.05, 0) is 50.3 Å². The molecule has 0 unspecified atom stereocenters. The fraction of sp³-hybridized carbons (Fsp3) is 0.579. The second-order valence-corrected chi connectivity index (χ2v) is 6.90. The number of carbonyl (C=O) groups is 2. The van der Waals surface area contributed by atoms with E-state index in [-0.39, 0.29) is 24.5 Å². The average Bonchev–Trinajstić information content (AvgIpc) is 2.52. The second-order valence-electron chi connectivity index (χ2n) is 6.90. The van der Waals surface area contributed by atoms with Crippen LogP contribution in [-0.2, 0) is 9.59 Å². The highest BCUT2D eigenvalue weighted by Crippen LogP contribution is 2.29. The van der Waals surface area contributed by atoms with E-state index >= 15 is 0 Å². The molecule has 1 saturated heterocycles. The van der Waals surface area contributed by atoms with Gasteiger partial charge >= 0.3 is 0 Å². The molecular weight excluding hydrogens is 304 g/mol. The lowest BCUT2D eigenvalue weighted by atomic mass is 9.84. The normalized spacial score (nSPS) is 18.8. The molecule has 2 aliphatic rings. The Kier molecular flexibility index (Phi) is 5.38. The number of ether oxygens (including phenoxy) is 1. The quantitative estimate of drug-likeness (QED) is 0.901. The minimum atomic E-state index is -0.0970. The van der Waals surface area contributed by atoms with E-state index in [2.05, 4.69) is 5.32 Å². The number of rotatable bonds is 5. The first kappa shape index (κ1) is 16.8.